The summed E-state index contributed by atoms with van der Waals surface area (Å²) in [5.41, 5.74) is 4.50. The Morgan fingerprint density at radius 2 is 2.08 bits per heavy atom. The predicted octanol–water partition coefficient (Wildman–Crippen LogP) is 5.00. The van der Waals surface area contributed by atoms with Crippen molar-refractivity contribution in [2.24, 2.45) is 0 Å². The van der Waals surface area contributed by atoms with Gasteiger partial charge in [0.15, 0.2) is 0 Å². The highest BCUT2D eigenvalue weighted by Gasteiger charge is 2.17. The molecule has 0 unspecified atom stereocenters. The van der Waals surface area contributed by atoms with E-state index in [1.807, 2.05) is 5.38 Å². The van der Waals surface area contributed by atoms with E-state index in [-0.39, 0.29) is 5.56 Å². The summed E-state index contributed by atoms with van der Waals surface area (Å²) in [6.07, 6.45) is 2.83. The third-order valence-corrected chi connectivity index (χ3v) is 5.61. The molecule has 0 radical (unpaired) electrons. The van der Waals surface area contributed by atoms with E-state index in [2.05, 4.69) is 45.0 Å². The molecule has 0 amide bonds. The molecule has 0 atom stereocenters. The molecule has 1 aromatic carbocycles. The standard InChI is InChI=1S/C21H23N3OS/c1-4-7-18-23-20-19(21(25)24(18)11-6-5-10-22)17(13-26-20)16-9-8-14(2)15(3)12-16/h8-9,12-13H,4-7,11H2,1-3H3. The highest BCUT2D eigenvalue weighted by Crippen LogP contribution is 2.32. The number of hydrogen-bond donors (Lipinski definition) is 0. The molecule has 0 aliphatic heterocycles. The minimum atomic E-state index is 0.0193. The fourth-order valence-corrected chi connectivity index (χ4v) is 4.11. The van der Waals surface area contributed by atoms with Crippen LogP contribution in [0.2, 0.25) is 0 Å². The minimum absolute atomic E-state index is 0.0193. The lowest BCUT2D eigenvalue weighted by Gasteiger charge is -2.12. The minimum Gasteiger partial charge on any atom is -0.296 e. The van der Waals surface area contributed by atoms with Crippen LogP contribution in [-0.2, 0) is 13.0 Å². The molecule has 2 heterocycles. The molecular formula is C21H23N3OS. The first-order valence-electron chi connectivity index (χ1n) is 9.02. The highest BCUT2D eigenvalue weighted by molar-refractivity contribution is 7.17. The maximum Gasteiger partial charge on any atom is 0.262 e. The van der Waals surface area contributed by atoms with Gasteiger partial charge in [0, 0.05) is 30.3 Å². The normalized spacial score (nSPS) is 11.0. The van der Waals surface area contributed by atoms with Crippen molar-refractivity contribution in [3.63, 3.8) is 0 Å². The van der Waals surface area contributed by atoms with Gasteiger partial charge in [-0.1, -0.05) is 25.1 Å². The zero-order valence-corrected chi connectivity index (χ0v) is 16.3. The Bertz CT molecular complexity index is 1040. The SMILES string of the molecule is CCCc1nc2scc(-c3ccc(C)c(C)c3)c2c(=O)n1CCCC#N. The van der Waals surface area contributed by atoms with Crippen LogP contribution in [0.5, 0.6) is 0 Å². The Kier molecular flexibility index (Phi) is 5.53. The molecule has 5 heteroatoms. The molecule has 0 bridgehead atoms. The summed E-state index contributed by atoms with van der Waals surface area (Å²) < 4.78 is 1.78. The van der Waals surface area contributed by atoms with Gasteiger partial charge in [0.1, 0.15) is 10.7 Å². The Hall–Kier alpha value is -2.45. The lowest BCUT2D eigenvalue weighted by atomic mass is 10.0. The third-order valence-electron chi connectivity index (χ3n) is 4.73. The largest absolute Gasteiger partial charge is 0.296 e. The average molecular weight is 366 g/mol. The second kappa shape index (κ2) is 7.84. The molecule has 2 aromatic heterocycles. The first-order valence-corrected chi connectivity index (χ1v) is 9.90. The number of thiophene rings is 1. The van der Waals surface area contributed by atoms with Gasteiger partial charge < -0.3 is 0 Å². The number of fused-ring (bicyclic) bond motifs is 1. The first-order chi connectivity index (χ1) is 12.6. The Balaban J connectivity index is 2.18. The van der Waals surface area contributed by atoms with Crippen molar-refractivity contribution in [3.05, 3.63) is 50.9 Å². The number of benzene rings is 1. The fourth-order valence-electron chi connectivity index (χ4n) is 3.15. The van der Waals surface area contributed by atoms with E-state index in [1.165, 1.54) is 22.5 Å². The summed E-state index contributed by atoms with van der Waals surface area (Å²) in [6, 6.07) is 8.46. The van der Waals surface area contributed by atoms with E-state index >= 15 is 0 Å². The van der Waals surface area contributed by atoms with Crippen molar-refractivity contribution in [1.29, 1.82) is 5.26 Å². The van der Waals surface area contributed by atoms with Crippen molar-refractivity contribution >= 4 is 21.6 Å². The Morgan fingerprint density at radius 1 is 1.27 bits per heavy atom. The molecule has 3 aromatic rings. The third kappa shape index (κ3) is 3.42. The lowest BCUT2D eigenvalue weighted by Crippen LogP contribution is -2.25. The molecule has 134 valence electrons. The number of rotatable bonds is 6. The molecule has 26 heavy (non-hydrogen) atoms. The number of unbranched alkanes of at least 4 members (excludes halogenated alkanes) is 1. The van der Waals surface area contributed by atoms with Gasteiger partial charge in [-0.15, -0.1) is 11.3 Å². The Morgan fingerprint density at radius 3 is 2.77 bits per heavy atom. The summed E-state index contributed by atoms with van der Waals surface area (Å²) in [4.78, 5) is 18.9. The summed E-state index contributed by atoms with van der Waals surface area (Å²) in [5, 5.41) is 11.6. The van der Waals surface area contributed by atoms with E-state index in [4.69, 9.17) is 10.2 Å². The second-order valence-electron chi connectivity index (χ2n) is 6.63. The summed E-state index contributed by atoms with van der Waals surface area (Å²) in [6.45, 7) is 6.81. The number of hydrogen-bond acceptors (Lipinski definition) is 4. The summed E-state index contributed by atoms with van der Waals surface area (Å²) >= 11 is 1.53. The van der Waals surface area contributed by atoms with E-state index in [0.717, 1.165) is 34.6 Å². The molecule has 4 nitrogen and oxygen atoms in total. The van der Waals surface area contributed by atoms with Crippen LogP contribution in [0.3, 0.4) is 0 Å². The number of aryl methyl sites for hydroxylation is 3. The lowest BCUT2D eigenvalue weighted by molar-refractivity contribution is 0.585. The molecule has 0 saturated heterocycles. The van der Waals surface area contributed by atoms with Gasteiger partial charge in [0.05, 0.1) is 11.5 Å². The van der Waals surface area contributed by atoms with Crippen LogP contribution in [0.1, 0.15) is 43.1 Å². The van der Waals surface area contributed by atoms with Crippen LogP contribution in [0.4, 0.5) is 0 Å². The van der Waals surface area contributed by atoms with Crippen LogP contribution in [-0.4, -0.2) is 9.55 Å². The number of aromatic nitrogens is 2. The van der Waals surface area contributed by atoms with Crippen molar-refractivity contribution in [1.82, 2.24) is 9.55 Å². The Labute approximate surface area is 157 Å². The van der Waals surface area contributed by atoms with Gasteiger partial charge in [0.2, 0.25) is 0 Å². The molecule has 0 saturated carbocycles. The van der Waals surface area contributed by atoms with Crippen LogP contribution >= 0.6 is 11.3 Å². The molecule has 0 fully saturated rings. The summed E-state index contributed by atoms with van der Waals surface area (Å²) in [5.74, 6) is 0.830. The van der Waals surface area contributed by atoms with Crippen LogP contribution in [0, 0.1) is 25.2 Å². The highest BCUT2D eigenvalue weighted by atomic mass is 32.1. The fraction of sp³-hybridized carbons (Fsp3) is 0.381. The zero-order valence-electron chi connectivity index (χ0n) is 15.5. The molecule has 0 N–H and O–H groups in total. The van der Waals surface area contributed by atoms with Gasteiger partial charge in [-0.3, -0.25) is 9.36 Å². The predicted molar refractivity (Wildman–Crippen MR) is 108 cm³/mol. The average Bonchev–Trinajstić information content (AvgIpc) is 3.04. The van der Waals surface area contributed by atoms with Gasteiger partial charge >= 0.3 is 0 Å². The van der Waals surface area contributed by atoms with Gasteiger partial charge in [-0.25, -0.2) is 4.98 Å². The smallest absolute Gasteiger partial charge is 0.262 e. The van der Waals surface area contributed by atoms with E-state index in [0.29, 0.717) is 24.8 Å². The van der Waals surface area contributed by atoms with E-state index < -0.39 is 0 Å². The summed E-state index contributed by atoms with van der Waals surface area (Å²) in [7, 11) is 0. The molecular weight excluding hydrogens is 342 g/mol. The zero-order chi connectivity index (χ0) is 18.7. The van der Waals surface area contributed by atoms with Gasteiger partial charge in [-0.05, 0) is 43.4 Å². The quantitative estimate of drug-likeness (QED) is 0.578. The number of nitriles is 1. The maximum absolute atomic E-state index is 13.3. The van der Waals surface area contributed by atoms with Gasteiger partial charge in [0.25, 0.3) is 5.56 Å². The van der Waals surface area contributed by atoms with Crippen LogP contribution in [0.25, 0.3) is 21.3 Å². The van der Waals surface area contributed by atoms with E-state index in [1.54, 1.807) is 4.57 Å². The van der Waals surface area contributed by atoms with Crippen LogP contribution in [0.15, 0.2) is 28.4 Å². The van der Waals surface area contributed by atoms with E-state index in [9.17, 15) is 4.79 Å². The molecule has 0 aliphatic rings. The first kappa shape index (κ1) is 18.3. The maximum atomic E-state index is 13.3. The van der Waals surface area contributed by atoms with Crippen molar-refractivity contribution in [2.45, 2.75) is 53.0 Å². The van der Waals surface area contributed by atoms with Gasteiger partial charge in [-0.2, -0.15) is 5.26 Å². The molecule has 0 aliphatic carbocycles. The van der Waals surface area contributed by atoms with Crippen molar-refractivity contribution in [3.8, 4) is 17.2 Å². The monoisotopic (exact) mass is 365 g/mol. The number of nitrogens with zero attached hydrogens (tertiary/aromatic N) is 3. The van der Waals surface area contributed by atoms with Crippen molar-refractivity contribution < 1.29 is 0 Å². The molecule has 3 rings (SSSR count). The molecule has 0 spiro atoms. The second-order valence-corrected chi connectivity index (χ2v) is 7.48. The topological polar surface area (TPSA) is 58.7 Å². The van der Waals surface area contributed by atoms with Crippen LogP contribution < -0.4 is 5.56 Å². The van der Waals surface area contributed by atoms with Crippen molar-refractivity contribution in [2.75, 3.05) is 0 Å².